The average Bonchev–Trinajstić information content (AvgIpc) is 2.38. The molecule has 3 heteroatoms. The molecule has 0 aliphatic carbocycles. The molecule has 1 heterocycles. The Morgan fingerprint density at radius 3 is 1.91 bits per heavy atom. The largest absolute Gasteiger partial charge is 0.293 e. The number of hydrogen-bond donors (Lipinski definition) is 1. The summed E-state index contributed by atoms with van der Waals surface area (Å²) in [6.07, 6.45) is 7.61. The van der Waals surface area contributed by atoms with Crippen LogP contribution in [0.25, 0.3) is 0 Å². The predicted octanol–water partition coefficient (Wildman–Crippen LogP) is 0.867. The molecule has 60 valence electrons. The SMILES string of the molecule is C=CCN1C=CN(CC=C)N1. The summed E-state index contributed by atoms with van der Waals surface area (Å²) in [5, 5.41) is 3.88. The van der Waals surface area contributed by atoms with E-state index in [4.69, 9.17) is 0 Å². The van der Waals surface area contributed by atoms with Crippen LogP contribution in [0.1, 0.15) is 0 Å². The fourth-order valence-corrected chi connectivity index (χ4v) is 0.874. The van der Waals surface area contributed by atoms with Crippen molar-refractivity contribution in [3.63, 3.8) is 0 Å². The first-order valence-corrected chi connectivity index (χ1v) is 3.56. The molecule has 3 nitrogen and oxygen atoms in total. The van der Waals surface area contributed by atoms with E-state index in [1.54, 1.807) is 0 Å². The molecule has 0 saturated heterocycles. The maximum atomic E-state index is 3.64. The van der Waals surface area contributed by atoms with Crippen LogP contribution in [0.5, 0.6) is 0 Å². The summed E-state index contributed by atoms with van der Waals surface area (Å²) in [6.45, 7) is 8.90. The normalized spacial score (nSPS) is 15.6. The van der Waals surface area contributed by atoms with Crippen LogP contribution in [0.4, 0.5) is 0 Å². The molecule has 0 radical (unpaired) electrons. The number of nitrogens with one attached hydrogen (secondary N) is 1. The Kier molecular flexibility index (Phi) is 2.74. The molecular formula is C8H13N3. The van der Waals surface area contributed by atoms with Gasteiger partial charge in [0, 0.05) is 12.4 Å². The van der Waals surface area contributed by atoms with Gasteiger partial charge in [-0.15, -0.1) is 18.7 Å². The molecule has 0 spiro atoms. The Bertz CT molecular complexity index is 156. The van der Waals surface area contributed by atoms with Gasteiger partial charge in [0.15, 0.2) is 0 Å². The zero-order valence-corrected chi connectivity index (χ0v) is 6.53. The van der Waals surface area contributed by atoms with Gasteiger partial charge in [0.25, 0.3) is 0 Å². The third kappa shape index (κ3) is 2.13. The van der Waals surface area contributed by atoms with Gasteiger partial charge in [-0.3, -0.25) is 10.0 Å². The molecule has 1 aliphatic heterocycles. The molecule has 0 aromatic rings. The van der Waals surface area contributed by atoms with Gasteiger partial charge in [-0.1, -0.05) is 12.2 Å². The van der Waals surface area contributed by atoms with E-state index in [9.17, 15) is 0 Å². The minimum atomic E-state index is 0.810. The molecular weight excluding hydrogens is 138 g/mol. The lowest BCUT2D eigenvalue weighted by molar-refractivity contribution is 0.161. The van der Waals surface area contributed by atoms with E-state index in [1.807, 2.05) is 34.6 Å². The van der Waals surface area contributed by atoms with Crippen molar-refractivity contribution in [2.45, 2.75) is 0 Å². The first kappa shape index (κ1) is 7.88. The molecule has 0 bridgehead atoms. The molecule has 0 amide bonds. The van der Waals surface area contributed by atoms with Gasteiger partial charge < -0.3 is 0 Å². The van der Waals surface area contributed by atoms with Crippen molar-refractivity contribution in [3.05, 3.63) is 37.7 Å². The lowest BCUT2D eigenvalue weighted by Crippen LogP contribution is -2.39. The molecule has 1 N–H and O–H groups in total. The summed E-state index contributed by atoms with van der Waals surface area (Å²) in [4.78, 5) is 0. The lowest BCUT2D eigenvalue weighted by Gasteiger charge is -2.19. The van der Waals surface area contributed by atoms with Gasteiger partial charge in [-0.2, -0.15) is 0 Å². The van der Waals surface area contributed by atoms with Crippen molar-refractivity contribution in [2.24, 2.45) is 0 Å². The summed E-state index contributed by atoms with van der Waals surface area (Å²) >= 11 is 0. The van der Waals surface area contributed by atoms with Gasteiger partial charge in [-0.25, -0.2) is 0 Å². The lowest BCUT2D eigenvalue weighted by atomic mass is 10.6. The molecule has 1 aliphatic rings. The second kappa shape index (κ2) is 3.83. The highest BCUT2D eigenvalue weighted by Crippen LogP contribution is 1.98. The van der Waals surface area contributed by atoms with Crippen LogP contribution in [0, 0.1) is 0 Å². The third-order valence-electron chi connectivity index (χ3n) is 1.34. The monoisotopic (exact) mass is 151 g/mol. The Morgan fingerprint density at radius 2 is 1.55 bits per heavy atom. The van der Waals surface area contributed by atoms with E-state index in [0.717, 1.165) is 13.1 Å². The third-order valence-corrected chi connectivity index (χ3v) is 1.34. The maximum absolute atomic E-state index is 3.64. The van der Waals surface area contributed by atoms with Crippen molar-refractivity contribution >= 4 is 0 Å². The van der Waals surface area contributed by atoms with Crippen LogP contribution >= 0.6 is 0 Å². The quantitative estimate of drug-likeness (QED) is 0.601. The fraction of sp³-hybridized carbons (Fsp3) is 0.250. The van der Waals surface area contributed by atoms with Crippen molar-refractivity contribution < 1.29 is 0 Å². The van der Waals surface area contributed by atoms with Crippen LogP contribution in [-0.2, 0) is 0 Å². The second-order valence-corrected chi connectivity index (χ2v) is 2.28. The van der Waals surface area contributed by atoms with Gasteiger partial charge in [0.05, 0.1) is 13.1 Å². The number of hydrazine groups is 2. The molecule has 0 fully saturated rings. The van der Waals surface area contributed by atoms with Crippen LogP contribution in [0.3, 0.4) is 0 Å². The molecule has 0 unspecified atom stereocenters. The minimum Gasteiger partial charge on any atom is -0.293 e. The summed E-state index contributed by atoms with van der Waals surface area (Å²) in [6, 6.07) is 0. The van der Waals surface area contributed by atoms with Crippen molar-refractivity contribution in [3.8, 4) is 0 Å². The van der Waals surface area contributed by atoms with Gasteiger partial charge in [0.2, 0.25) is 0 Å². The Hall–Kier alpha value is -1.22. The maximum Gasteiger partial charge on any atom is 0.0534 e. The summed E-state index contributed by atoms with van der Waals surface area (Å²) in [7, 11) is 0. The molecule has 0 saturated carbocycles. The van der Waals surface area contributed by atoms with E-state index < -0.39 is 0 Å². The van der Waals surface area contributed by atoms with E-state index in [0.29, 0.717) is 0 Å². The summed E-state index contributed by atoms with van der Waals surface area (Å²) < 4.78 is 0. The van der Waals surface area contributed by atoms with Crippen molar-refractivity contribution in [2.75, 3.05) is 13.1 Å². The number of hydrogen-bond acceptors (Lipinski definition) is 3. The van der Waals surface area contributed by atoms with E-state index in [1.165, 1.54) is 0 Å². The molecule has 0 atom stereocenters. The minimum absolute atomic E-state index is 0.810. The average molecular weight is 151 g/mol. The second-order valence-electron chi connectivity index (χ2n) is 2.28. The van der Waals surface area contributed by atoms with E-state index in [-0.39, 0.29) is 0 Å². The van der Waals surface area contributed by atoms with Crippen LogP contribution < -0.4 is 5.53 Å². The predicted molar refractivity (Wildman–Crippen MR) is 46.1 cm³/mol. The number of rotatable bonds is 4. The van der Waals surface area contributed by atoms with Crippen LogP contribution in [-0.4, -0.2) is 23.1 Å². The molecule has 11 heavy (non-hydrogen) atoms. The first-order valence-electron chi connectivity index (χ1n) is 3.56. The Labute approximate surface area is 67.2 Å². The summed E-state index contributed by atoms with van der Waals surface area (Å²) in [5.74, 6) is 0. The first-order chi connectivity index (χ1) is 5.36. The van der Waals surface area contributed by atoms with Crippen LogP contribution in [0.15, 0.2) is 37.7 Å². The number of nitrogens with zero attached hydrogens (tertiary/aromatic N) is 2. The van der Waals surface area contributed by atoms with Gasteiger partial charge in [0.1, 0.15) is 0 Å². The fourth-order valence-electron chi connectivity index (χ4n) is 0.874. The molecule has 0 aromatic carbocycles. The Balaban J connectivity index is 2.30. The smallest absolute Gasteiger partial charge is 0.0534 e. The van der Waals surface area contributed by atoms with Gasteiger partial charge in [-0.05, 0) is 0 Å². The zero-order chi connectivity index (χ0) is 8.10. The molecule has 1 rings (SSSR count). The topological polar surface area (TPSA) is 18.5 Å². The zero-order valence-electron chi connectivity index (χ0n) is 6.53. The highest BCUT2D eigenvalue weighted by molar-refractivity contribution is 4.91. The van der Waals surface area contributed by atoms with E-state index >= 15 is 0 Å². The van der Waals surface area contributed by atoms with Crippen molar-refractivity contribution in [1.82, 2.24) is 15.6 Å². The standard InChI is InChI=1S/C8H13N3/c1-3-5-10-7-8-11(9-10)6-4-2/h3-4,7-9H,1-2,5-6H2. The van der Waals surface area contributed by atoms with Crippen molar-refractivity contribution in [1.29, 1.82) is 0 Å². The summed E-state index contributed by atoms with van der Waals surface area (Å²) in [5.41, 5.74) is 3.11. The van der Waals surface area contributed by atoms with Crippen LogP contribution in [0.2, 0.25) is 0 Å². The highest BCUT2D eigenvalue weighted by Gasteiger charge is 2.06. The highest BCUT2D eigenvalue weighted by atomic mass is 15.8. The molecule has 0 aromatic heterocycles. The Morgan fingerprint density at radius 1 is 1.09 bits per heavy atom. The van der Waals surface area contributed by atoms with E-state index in [2.05, 4.69) is 18.7 Å². The van der Waals surface area contributed by atoms with Gasteiger partial charge >= 0.3 is 0 Å².